The molecule has 0 saturated carbocycles. The van der Waals surface area contributed by atoms with E-state index in [1.807, 2.05) is 30.3 Å². The van der Waals surface area contributed by atoms with Gasteiger partial charge >= 0.3 is 5.97 Å². The minimum absolute atomic E-state index is 0.0502. The highest BCUT2D eigenvalue weighted by atomic mass is 32.1. The number of carboxylic acids is 1. The van der Waals surface area contributed by atoms with Crippen molar-refractivity contribution in [2.45, 2.75) is 25.9 Å². The van der Waals surface area contributed by atoms with Gasteiger partial charge in [-0.2, -0.15) is 0 Å². The van der Waals surface area contributed by atoms with Crippen LogP contribution in [0.4, 0.5) is 0 Å². The van der Waals surface area contributed by atoms with Crippen LogP contribution in [0.15, 0.2) is 54.7 Å². The summed E-state index contributed by atoms with van der Waals surface area (Å²) in [5.74, 6) is -0.935. The number of pyridine rings is 1. The highest BCUT2D eigenvalue weighted by Crippen LogP contribution is 2.41. The van der Waals surface area contributed by atoms with Gasteiger partial charge in [0.25, 0.3) is 0 Å². The molecule has 0 amide bonds. The van der Waals surface area contributed by atoms with Crippen LogP contribution in [-0.2, 0) is 4.74 Å². The lowest BCUT2D eigenvalue weighted by atomic mass is 9.97. The van der Waals surface area contributed by atoms with Crippen molar-refractivity contribution in [2.75, 3.05) is 20.3 Å². The Morgan fingerprint density at radius 1 is 1.22 bits per heavy atom. The highest BCUT2D eigenvalue weighted by molar-refractivity contribution is 7.80. The highest BCUT2D eigenvalue weighted by Gasteiger charge is 2.41. The smallest absolute Gasteiger partial charge is 0.335 e. The van der Waals surface area contributed by atoms with E-state index < -0.39 is 5.97 Å². The Morgan fingerprint density at radius 2 is 1.97 bits per heavy atom. The maximum atomic E-state index is 11.2. The summed E-state index contributed by atoms with van der Waals surface area (Å²) in [4.78, 5) is 18.0. The Balaban J connectivity index is 1.79. The van der Waals surface area contributed by atoms with E-state index in [0.717, 1.165) is 28.3 Å². The molecule has 2 aromatic heterocycles. The molecule has 3 heterocycles. The number of aromatic carboxylic acids is 1. The first-order chi connectivity index (χ1) is 15.4. The first kappa shape index (κ1) is 22.0. The van der Waals surface area contributed by atoms with Gasteiger partial charge in [-0.15, -0.1) is 0 Å². The second-order valence-electron chi connectivity index (χ2n) is 7.83. The summed E-state index contributed by atoms with van der Waals surface area (Å²) < 4.78 is 7.48. The molecular formula is C24H26N4O3S. The second kappa shape index (κ2) is 9.10. The van der Waals surface area contributed by atoms with E-state index in [2.05, 4.69) is 39.7 Å². The largest absolute Gasteiger partial charge is 0.478 e. The van der Waals surface area contributed by atoms with Crippen LogP contribution in [0.25, 0.3) is 5.69 Å². The quantitative estimate of drug-likeness (QED) is 0.530. The number of carbonyl (C=O) groups is 1. The van der Waals surface area contributed by atoms with Crippen LogP contribution >= 0.6 is 12.2 Å². The number of hydrogen-bond donors (Lipinski definition) is 2. The predicted octanol–water partition coefficient (Wildman–Crippen LogP) is 3.81. The van der Waals surface area contributed by atoms with Gasteiger partial charge in [-0.05, 0) is 74.1 Å². The van der Waals surface area contributed by atoms with E-state index in [0.29, 0.717) is 18.3 Å². The third-order valence-electron chi connectivity index (χ3n) is 5.90. The SMILES string of the molecule is COCCN1C(=S)N[C@H](c2ccccn2)[C@@H]1c1cc(C)n(-c2ccc(C(=O)O)cc2)c1C. The standard InChI is InChI=1S/C24H26N4O3S/c1-15-14-19(16(2)28(15)18-9-7-17(8-10-18)23(29)30)22-21(20-6-4-5-11-25-20)26-24(32)27(22)12-13-31-3/h4-11,14,21-22H,12-13H2,1-3H3,(H,26,32)(H,29,30)/t21-,22+/m1/s1. The van der Waals surface area contributed by atoms with E-state index in [1.165, 1.54) is 0 Å². The summed E-state index contributed by atoms with van der Waals surface area (Å²) in [5.41, 5.74) is 5.39. The lowest BCUT2D eigenvalue weighted by molar-refractivity contribution is 0.0697. The number of aryl methyl sites for hydroxylation is 1. The number of benzene rings is 1. The molecule has 2 atom stereocenters. The van der Waals surface area contributed by atoms with Gasteiger partial charge in [0, 0.05) is 36.9 Å². The van der Waals surface area contributed by atoms with Crippen molar-refractivity contribution >= 4 is 23.3 Å². The van der Waals surface area contributed by atoms with Crippen LogP contribution in [0.3, 0.4) is 0 Å². The van der Waals surface area contributed by atoms with Crippen LogP contribution in [0.5, 0.6) is 0 Å². The van der Waals surface area contributed by atoms with Gasteiger partial charge in [-0.1, -0.05) is 6.07 Å². The third-order valence-corrected chi connectivity index (χ3v) is 6.25. The van der Waals surface area contributed by atoms with E-state index in [1.54, 1.807) is 25.4 Å². The van der Waals surface area contributed by atoms with Gasteiger partial charge in [0.15, 0.2) is 5.11 Å². The molecule has 3 aromatic rings. The number of carboxylic acid groups (broad SMARTS) is 1. The van der Waals surface area contributed by atoms with Crippen LogP contribution < -0.4 is 5.32 Å². The number of thiocarbonyl (C=S) groups is 1. The monoisotopic (exact) mass is 450 g/mol. The number of nitrogens with zero attached hydrogens (tertiary/aromatic N) is 3. The summed E-state index contributed by atoms with van der Waals surface area (Å²) in [6.45, 7) is 5.35. The molecule has 32 heavy (non-hydrogen) atoms. The summed E-state index contributed by atoms with van der Waals surface area (Å²) in [5, 5.41) is 13.4. The normalized spacial score (nSPS) is 18.1. The van der Waals surface area contributed by atoms with Crippen molar-refractivity contribution in [3.63, 3.8) is 0 Å². The Morgan fingerprint density at radius 3 is 2.59 bits per heavy atom. The lowest BCUT2D eigenvalue weighted by Gasteiger charge is -2.28. The molecule has 0 bridgehead atoms. The molecule has 2 N–H and O–H groups in total. The summed E-state index contributed by atoms with van der Waals surface area (Å²) >= 11 is 5.69. The molecule has 1 fully saturated rings. The Labute approximate surface area is 192 Å². The van der Waals surface area contributed by atoms with E-state index >= 15 is 0 Å². The molecule has 4 rings (SSSR count). The molecule has 1 saturated heterocycles. The van der Waals surface area contributed by atoms with Crippen molar-refractivity contribution in [3.05, 3.63) is 82.9 Å². The zero-order chi connectivity index (χ0) is 22.8. The fourth-order valence-electron chi connectivity index (χ4n) is 4.41. The van der Waals surface area contributed by atoms with Crippen molar-refractivity contribution < 1.29 is 14.6 Å². The fourth-order valence-corrected chi connectivity index (χ4v) is 4.74. The van der Waals surface area contributed by atoms with Gasteiger partial charge in [-0.3, -0.25) is 4.98 Å². The van der Waals surface area contributed by atoms with E-state index in [-0.39, 0.29) is 17.6 Å². The maximum absolute atomic E-state index is 11.2. The molecule has 1 aromatic carbocycles. The molecule has 0 unspecified atom stereocenters. The molecule has 7 nitrogen and oxygen atoms in total. The topological polar surface area (TPSA) is 79.6 Å². The lowest BCUT2D eigenvalue weighted by Crippen LogP contribution is -2.32. The number of methoxy groups -OCH3 is 1. The van der Waals surface area contributed by atoms with Gasteiger partial charge in [0.1, 0.15) is 0 Å². The zero-order valence-electron chi connectivity index (χ0n) is 18.3. The maximum Gasteiger partial charge on any atom is 0.335 e. The summed E-state index contributed by atoms with van der Waals surface area (Å²) in [7, 11) is 1.68. The average molecular weight is 451 g/mol. The number of hydrogen-bond acceptors (Lipinski definition) is 4. The minimum atomic E-state index is -0.935. The molecule has 0 radical (unpaired) electrons. The number of aromatic nitrogens is 2. The molecule has 8 heteroatoms. The number of nitrogens with one attached hydrogen (secondary N) is 1. The molecule has 0 aliphatic carbocycles. The molecular weight excluding hydrogens is 424 g/mol. The van der Waals surface area contributed by atoms with Crippen LogP contribution in [0, 0.1) is 13.8 Å². The average Bonchev–Trinajstić information content (AvgIpc) is 3.27. The predicted molar refractivity (Wildman–Crippen MR) is 126 cm³/mol. The van der Waals surface area contributed by atoms with Gasteiger partial charge in [0.2, 0.25) is 0 Å². The van der Waals surface area contributed by atoms with Crippen LogP contribution in [-0.4, -0.2) is 50.9 Å². The number of ether oxygens (including phenoxy) is 1. The molecule has 0 spiro atoms. The number of rotatable bonds is 7. The molecule has 1 aliphatic rings. The minimum Gasteiger partial charge on any atom is -0.478 e. The van der Waals surface area contributed by atoms with Crippen molar-refractivity contribution in [3.8, 4) is 5.69 Å². The Bertz CT molecular complexity index is 1130. The van der Waals surface area contributed by atoms with Gasteiger partial charge in [0.05, 0.1) is 29.9 Å². The molecule has 166 valence electrons. The Hall–Kier alpha value is -3.23. The second-order valence-corrected chi connectivity index (χ2v) is 8.21. The summed E-state index contributed by atoms with van der Waals surface area (Å²) in [6.07, 6.45) is 1.79. The van der Waals surface area contributed by atoms with Crippen molar-refractivity contribution in [1.29, 1.82) is 0 Å². The van der Waals surface area contributed by atoms with Gasteiger partial charge in [-0.25, -0.2) is 4.79 Å². The van der Waals surface area contributed by atoms with Crippen LogP contribution in [0.2, 0.25) is 0 Å². The molecule has 1 aliphatic heterocycles. The zero-order valence-corrected chi connectivity index (χ0v) is 19.1. The Kier molecular flexibility index (Phi) is 6.25. The third kappa shape index (κ3) is 3.99. The fraction of sp³-hybridized carbons (Fsp3) is 0.292. The van der Waals surface area contributed by atoms with Crippen LogP contribution in [0.1, 0.15) is 45.1 Å². The van der Waals surface area contributed by atoms with Gasteiger partial charge < -0.3 is 24.6 Å². The summed E-state index contributed by atoms with van der Waals surface area (Å²) in [6, 6.07) is 14.9. The van der Waals surface area contributed by atoms with E-state index in [4.69, 9.17) is 17.0 Å². The van der Waals surface area contributed by atoms with E-state index in [9.17, 15) is 9.90 Å². The van der Waals surface area contributed by atoms with Crippen molar-refractivity contribution in [2.24, 2.45) is 0 Å². The first-order valence-electron chi connectivity index (χ1n) is 10.4. The first-order valence-corrected chi connectivity index (χ1v) is 10.8. The van der Waals surface area contributed by atoms with Crippen molar-refractivity contribution in [1.82, 2.24) is 19.8 Å².